The highest BCUT2D eigenvalue weighted by atomic mass is 32.2. The topological polar surface area (TPSA) is 77.1 Å². The van der Waals surface area contributed by atoms with E-state index in [9.17, 15) is 8.42 Å². The lowest BCUT2D eigenvalue weighted by Gasteiger charge is -2.27. The van der Waals surface area contributed by atoms with Crippen LogP contribution in [0.2, 0.25) is 0 Å². The van der Waals surface area contributed by atoms with Crippen LogP contribution in [0, 0.1) is 0 Å². The molecule has 0 radical (unpaired) electrons. The highest BCUT2D eigenvalue weighted by molar-refractivity contribution is 7.85. The van der Waals surface area contributed by atoms with E-state index in [0.717, 1.165) is 39.1 Å². The van der Waals surface area contributed by atoms with Crippen LogP contribution in [-0.2, 0) is 23.9 Å². The average Bonchev–Trinajstić information content (AvgIpc) is 2.75. The summed E-state index contributed by atoms with van der Waals surface area (Å²) < 4.78 is 31.6. The molecule has 7 nitrogen and oxygen atoms in total. The summed E-state index contributed by atoms with van der Waals surface area (Å²) in [5.74, 6) is 0. The molecule has 2 heterocycles. The third-order valence-electron chi connectivity index (χ3n) is 2.70. The van der Waals surface area contributed by atoms with Gasteiger partial charge in [0.2, 0.25) is 0 Å². The molecule has 1 unspecified atom stereocenters. The summed E-state index contributed by atoms with van der Waals surface area (Å²) in [5.41, 5.74) is 3.32. The van der Waals surface area contributed by atoms with Crippen molar-refractivity contribution < 1.29 is 22.2 Å². The van der Waals surface area contributed by atoms with Crippen LogP contribution in [-0.4, -0.2) is 65.1 Å². The Morgan fingerprint density at radius 2 is 2.22 bits per heavy atom. The molecule has 1 N–H and O–H groups in total. The van der Waals surface area contributed by atoms with Crippen molar-refractivity contribution in [3.8, 4) is 0 Å². The van der Waals surface area contributed by atoms with E-state index in [2.05, 4.69) is 14.6 Å². The zero-order valence-electron chi connectivity index (χ0n) is 10.3. The largest absolute Gasteiger partial charge is 0.379 e. The minimum Gasteiger partial charge on any atom is -0.379 e. The van der Waals surface area contributed by atoms with Crippen LogP contribution in [0.3, 0.4) is 0 Å². The first-order valence-electron chi connectivity index (χ1n) is 5.80. The van der Waals surface area contributed by atoms with Crippen molar-refractivity contribution in [1.29, 1.82) is 0 Å². The number of rotatable bonds is 5. The lowest BCUT2D eigenvalue weighted by Crippen LogP contribution is -2.40. The highest BCUT2D eigenvalue weighted by Crippen LogP contribution is 2.10. The van der Waals surface area contributed by atoms with Gasteiger partial charge in [-0.1, -0.05) is 0 Å². The molecule has 0 aromatic carbocycles. The van der Waals surface area contributed by atoms with Crippen molar-refractivity contribution in [1.82, 2.24) is 10.4 Å². The third-order valence-corrected chi connectivity index (χ3v) is 3.24. The number of morpholine rings is 1. The second-order valence-corrected chi connectivity index (χ2v) is 5.97. The van der Waals surface area contributed by atoms with Gasteiger partial charge in [0.05, 0.1) is 25.2 Å². The molecule has 0 aliphatic carbocycles. The van der Waals surface area contributed by atoms with Gasteiger partial charge in [-0.15, -0.1) is 0 Å². The zero-order chi connectivity index (χ0) is 13.0. The summed E-state index contributed by atoms with van der Waals surface area (Å²) in [6.45, 7) is 4.02. The Kier molecular flexibility index (Phi) is 4.57. The Labute approximate surface area is 107 Å². The first kappa shape index (κ1) is 13.8. The number of hydroxylamine groups is 1. The molecule has 8 heteroatoms. The number of nitrogens with zero attached hydrogens (tertiary/aromatic N) is 1. The molecule has 2 rings (SSSR count). The molecule has 1 atom stereocenters. The molecule has 2 aliphatic rings. The quantitative estimate of drug-likeness (QED) is 0.652. The van der Waals surface area contributed by atoms with Crippen LogP contribution < -0.4 is 5.48 Å². The summed E-state index contributed by atoms with van der Waals surface area (Å²) in [7, 11) is -3.42. The van der Waals surface area contributed by atoms with Gasteiger partial charge in [-0.05, 0) is 6.08 Å². The maximum atomic E-state index is 10.8. The van der Waals surface area contributed by atoms with Crippen LogP contribution in [0.5, 0.6) is 0 Å². The summed E-state index contributed by atoms with van der Waals surface area (Å²) in [6, 6.07) is 0. The Balaban J connectivity index is 1.76. The number of hydrogen-bond acceptors (Lipinski definition) is 7. The lowest BCUT2D eigenvalue weighted by atomic mass is 10.2. The van der Waals surface area contributed by atoms with Crippen LogP contribution in [0.15, 0.2) is 11.8 Å². The molecular formula is C10H18N2O5S. The molecule has 2 aliphatic heterocycles. The monoisotopic (exact) mass is 278 g/mol. The Bertz CT molecular complexity index is 402. The number of nitrogens with one attached hydrogen (secondary N) is 1. The Hall–Kier alpha value is -0.670. The van der Waals surface area contributed by atoms with Gasteiger partial charge in [-0.3, -0.25) is 19.4 Å². The van der Waals surface area contributed by atoms with Gasteiger partial charge in [-0.25, -0.2) is 0 Å². The van der Waals surface area contributed by atoms with E-state index >= 15 is 0 Å². The molecule has 0 saturated carbocycles. The second kappa shape index (κ2) is 5.98. The summed E-state index contributed by atoms with van der Waals surface area (Å²) in [5, 5.41) is 0. The fourth-order valence-corrected chi connectivity index (χ4v) is 2.16. The van der Waals surface area contributed by atoms with Crippen LogP contribution in [0.4, 0.5) is 0 Å². The van der Waals surface area contributed by atoms with E-state index in [4.69, 9.17) is 9.57 Å². The number of ether oxygens (including phenoxy) is 1. The highest BCUT2D eigenvalue weighted by Gasteiger charge is 2.21. The minimum absolute atomic E-state index is 0.0154. The van der Waals surface area contributed by atoms with Gasteiger partial charge in [-0.2, -0.15) is 8.42 Å². The van der Waals surface area contributed by atoms with Crippen molar-refractivity contribution in [3.63, 3.8) is 0 Å². The molecular weight excluding hydrogens is 260 g/mol. The van der Waals surface area contributed by atoms with E-state index in [1.165, 1.54) is 0 Å². The van der Waals surface area contributed by atoms with Gasteiger partial charge in [0, 0.05) is 19.6 Å². The SMILES string of the molecule is CS(=O)(=O)OCC1=CC(CN2CCOCC2)ON1. The normalized spacial score (nSPS) is 25.8. The first-order chi connectivity index (χ1) is 8.53. The smallest absolute Gasteiger partial charge is 0.264 e. The predicted molar refractivity (Wildman–Crippen MR) is 64.1 cm³/mol. The first-order valence-corrected chi connectivity index (χ1v) is 7.61. The van der Waals surface area contributed by atoms with Crippen molar-refractivity contribution in [3.05, 3.63) is 11.8 Å². The third kappa shape index (κ3) is 4.54. The van der Waals surface area contributed by atoms with Crippen molar-refractivity contribution in [2.45, 2.75) is 6.10 Å². The molecule has 1 fully saturated rings. The minimum atomic E-state index is -3.42. The summed E-state index contributed by atoms with van der Waals surface area (Å²) in [4.78, 5) is 7.58. The molecule has 0 amide bonds. The second-order valence-electron chi connectivity index (χ2n) is 4.33. The van der Waals surface area contributed by atoms with E-state index in [0.29, 0.717) is 5.70 Å². The molecule has 18 heavy (non-hydrogen) atoms. The maximum absolute atomic E-state index is 10.8. The van der Waals surface area contributed by atoms with Crippen LogP contribution >= 0.6 is 0 Å². The van der Waals surface area contributed by atoms with Gasteiger partial charge < -0.3 is 4.74 Å². The average molecular weight is 278 g/mol. The number of hydrogen-bond donors (Lipinski definition) is 1. The van der Waals surface area contributed by atoms with Gasteiger partial charge in [0.15, 0.2) is 0 Å². The lowest BCUT2D eigenvalue weighted by molar-refractivity contribution is -0.0123. The molecule has 0 aromatic heterocycles. The van der Waals surface area contributed by atoms with E-state index in [1.54, 1.807) is 0 Å². The van der Waals surface area contributed by atoms with E-state index in [-0.39, 0.29) is 12.7 Å². The van der Waals surface area contributed by atoms with Gasteiger partial charge in [0.25, 0.3) is 10.1 Å². The zero-order valence-corrected chi connectivity index (χ0v) is 11.1. The van der Waals surface area contributed by atoms with Crippen molar-refractivity contribution in [2.24, 2.45) is 0 Å². The fraction of sp³-hybridized carbons (Fsp3) is 0.800. The summed E-state index contributed by atoms with van der Waals surface area (Å²) >= 11 is 0. The maximum Gasteiger partial charge on any atom is 0.264 e. The molecule has 0 spiro atoms. The fourth-order valence-electron chi connectivity index (χ4n) is 1.82. The van der Waals surface area contributed by atoms with E-state index in [1.807, 2.05) is 6.08 Å². The van der Waals surface area contributed by atoms with Crippen molar-refractivity contribution >= 4 is 10.1 Å². The predicted octanol–water partition coefficient (Wildman–Crippen LogP) is -0.918. The molecule has 104 valence electrons. The standard InChI is InChI=1S/C10H18N2O5S/c1-18(13,14)16-8-9-6-10(17-11-9)7-12-2-4-15-5-3-12/h6,10-11H,2-5,7-8H2,1H3. The molecule has 1 saturated heterocycles. The molecule has 0 aromatic rings. The Morgan fingerprint density at radius 3 is 2.89 bits per heavy atom. The van der Waals surface area contributed by atoms with E-state index < -0.39 is 10.1 Å². The van der Waals surface area contributed by atoms with Crippen LogP contribution in [0.1, 0.15) is 0 Å². The van der Waals surface area contributed by atoms with Gasteiger partial charge in [0.1, 0.15) is 12.7 Å². The Morgan fingerprint density at radius 1 is 1.50 bits per heavy atom. The van der Waals surface area contributed by atoms with Crippen LogP contribution in [0.25, 0.3) is 0 Å². The van der Waals surface area contributed by atoms with Gasteiger partial charge >= 0.3 is 0 Å². The summed E-state index contributed by atoms with van der Waals surface area (Å²) in [6.07, 6.45) is 2.79. The van der Waals surface area contributed by atoms with Crippen molar-refractivity contribution in [2.75, 3.05) is 45.7 Å². The molecule has 0 bridgehead atoms.